The molecule has 16 heavy (non-hydrogen) atoms. The zero-order valence-corrected chi connectivity index (χ0v) is 9.79. The summed E-state index contributed by atoms with van der Waals surface area (Å²) in [7, 11) is 0. The van der Waals surface area contributed by atoms with Gasteiger partial charge in [-0.2, -0.15) is 0 Å². The number of thiophene rings is 1. The number of carbonyl (C=O) groups excluding carboxylic acids is 1. The Kier molecular flexibility index (Phi) is 4.33. The van der Waals surface area contributed by atoms with E-state index in [0.29, 0.717) is 19.8 Å². The van der Waals surface area contributed by atoms with Crippen LogP contribution >= 0.6 is 11.3 Å². The van der Waals surface area contributed by atoms with Crippen molar-refractivity contribution in [2.45, 2.75) is 12.5 Å². The molecular weight excluding hydrogens is 226 g/mol. The molecule has 1 aromatic rings. The molecule has 1 saturated heterocycles. The summed E-state index contributed by atoms with van der Waals surface area (Å²) in [6.07, 6.45) is 0.348. The van der Waals surface area contributed by atoms with Gasteiger partial charge in [0.1, 0.15) is 0 Å². The molecule has 1 aromatic heterocycles. The smallest absolute Gasteiger partial charge is 0.336 e. The van der Waals surface area contributed by atoms with Gasteiger partial charge in [-0.05, 0) is 11.4 Å². The molecule has 1 N–H and O–H groups in total. The molecule has 0 radical (unpaired) electrons. The van der Waals surface area contributed by atoms with Crippen LogP contribution in [0.25, 0.3) is 0 Å². The summed E-state index contributed by atoms with van der Waals surface area (Å²) in [6, 6.07) is 4.03. The van der Waals surface area contributed by atoms with Crippen LogP contribution in [0.4, 0.5) is 0 Å². The summed E-state index contributed by atoms with van der Waals surface area (Å²) in [4.78, 5) is 12.8. The fraction of sp³-hybridized carbons (Fsp3) is 0.545. The van der Waals surface area contributed by atoms with Crippen LogP contribution in [-0.2, 0) is 20.7 Å². The van der Waals surface area contributed by atoms with Crippen LogP contribution in [0.2, 0.25) is 0 Å². The predicted octanol–water partition coefficient (Wildman–Crippen LogP) is 0.822. The minimum atomic E-state index is -0.433. The lowest BCUT2D eigenvalue weighted by Gasteiger charge is -2.21. The molecule has 1 aliphatic rings. The molecule has 0 amide bonds. The average molecular weight is 241 g/mol. The molecule has 88 valence electrons. The van der Waals surface area contributed by atoms with Crippen LogP contribution in [0.3, 0.4) is 0 Å². The van der Waals surface area contributed by atoms with Gasteiger partial charge in [0.05, 0.1) is 13.2 Å². The van der Waals surface area contributed by atoms with Crippen LogP contribution in [0.15, 0.2) is 17.5 Å². The third-order valence-electron chi connectivity index (χ3n) is 2.36. The average Bonchev–Trinajstić information content (AvgIpc) is 2.83. The molecule has 2 heterocycles. The van der Waals surface area contributed by atoms with Crippen LogP contribution in [0.5, 0.6) is 0 Å². The Balaban J connectivity index is 1.67. The van der Waals surface area contributed by atoms with E-state index in [0.717, 1.165) is 13.0 Å². The van der Waals surface area contributed by atoms with Crippen LogP contribution < -0.4 is 5.32 Å². The van der Waals surface area contributed by atoms with Crippen molar-refractivity contribution in [2.24, 2.45) is 0 Å². The fourth-order valence-corrected chi connectivity index (χ4v) is 2.21. The monoisotopic (exact) mass is 241 g/mol. The van der Waals surface area contributed by atoms with Crippen molar-refractivity contribution >= 4 is 17.3 Å². The molecule has 1 unspecified atom stereocenters. The summed E-state index contributed by atoms with van der Waals surface area (Å²) in [5, 5.41) is 5.12. The van der Waals surface area contributed by atoms with E-state index in [4.69, 9.17) is 9.47 Å². The normalized spacial score (nSPS) is 20.6. The highest BCUT2D eigenvalue weighted by Gasteiger charge is 2.22. The van der Waals surface area contributed by atoms with E-state index in [1.165, 1.54) is 4.88 Å². The van der Waals surface area contributed by atoms with Gasteiger partial charge in [-0.15, -0.1) is 11.3 Å². The topological polar surface area (TPSA) is 47.6 Å². The van der Waals surface area contributed by atoms with Crippen molar-refractivity contribution in [1.82, 2.24) is 5.32 Å². The van der Waals surface area contributed by atoms with E-state index in [9.17, 15) is 4.79 Å². The third kappa shape index (κ3) is 3.30. The largest absolute Gasteiger partial charge is 0.463 e. The minimum absolute atomic E-state index is 0.260. The predicted molar refractivity (Wildman–Crippen MR) is 61.6 cm³/mol. The number of rotatable bonds is 4. The van der Waals surface area contributed by atoms with E-state index in [-0.39, 0.29) is 5.97 Å². The first-order valence-corrected chi connectivity index (χ1v) is 6.25. The zero-order valence-electron chi connectivity index (χ0n) is 8.98. The first-order valence-electron chi connectivity index (χ1n) is 5.37. The fourth-order valence-electron chi connectivity index (χ4n) is 1.52. The highest BCUT2D eigenvalue weighted by Crippen LogP contribution is 2.09. The maximum atomic E-state index is 11.5. The summed E-state index contributed by atoms with van der Waals surface area (Å²) in [5.41, 5.74) is 0. The second-order valence-corrected chi connectivity index (χ2v) is 4.59. The summed E-state index contributed by atoms with van der Waals surface area (Å²) < 4.78 is 10.5. The zero-order chi connectivity index (χ0) is 11.2. The van der Waals surface area contributed by atoms with Crippen molar-refractivity contribution in [1.29, 1.82) is 0 Å². The first-order chi connectivity index (χ1) is 7.86. The Bertz CT molecular complexity index is 320. The molecule has 0 aliphatic carbocycles. The van der Waals surface area contributed by atoms with Gasteiger partial charge in [-0.3, -0.25) is 0 Å². The van der Waals surface area contributed by atoms with Crippen molar-refractivity contribution in [2.75, 3.05) is 26.3 Å². The number of hydrogen-bond donors (Lipinski definition) is 1. The van der Waals surface area contributed by atoms with Gasteiger partial charge in [-0.25, -0.2) is 4.79 Å². The number of ether oxygens (including phenoxy) is 2. The highest BCUT2D eigenvalue weighted by molar-refractivity contribution is 7.09. The number of carbonyl (C=O) groups is 1. The second kappa shape index (κ2) is 5.98. The molecule has 0 saturated carbocycles. The number of morpholine rings is 1. The third-order valence-corrected chi connectivity index (χ3v) is 3.30. The molecule has 5 heteroatoms. The summed E-state index contributed by atoms with van der Waals surface area (Å²) in [6.45, 7) is 2.36. The minimum Gasteiger partial charge on any atom is -0.463 e. The Labute approximate surface area is 98.6 Å². The molecule has 2 rings (SSSR count). The van der Waals surface area contributed by atoms with Gasteiger partial charge in [0.15, 0.2) is 6.10 Å². The summed E-state index contributed by atoms with van der Waals surface area (Å²) in [5.74, 6) is -0.260. The number of nitrogens with one attached hydrogen (secondary N) is 1. The Morgan fingerprint density at radius 3 is 3.31 bits per heavy atom. The molecule has 1 atom stereocenters. The molecule has 4 nitrogen and oxygen atoms in total. The van der Waals surface area contributed by atoms with E-state index >= 15 is 0 Å². The van der Waals surface area contributed by atoms with Crippen LogP contribution in [0, 0.1) is 0 Å². The van der Waals surface area contributed by atoms with E-state index in [1.807, 2.05) is 17.5 Å². The van der Waals surface area contributed by atoms with Crippen molar-refractivity contribution in [3.8, 4) is 0 Å². The van der Waals surface area contributed by atoms with Gasteiger partial charge >= 0.3 is 5.97 Å². The number of hydrogen-bond acceptors (Lipinski definition) is 5. The van der Waals surface area contributed by atoms with E-state index < -0.39 is 6.10 Å². The second-order valence-electron chi connectivity index (χ2n) is 3.56. The van der Waals surface area contributed by atoms with Gasteiger partial charge in [0.25, 0.3) is 0 Å². The van der Waals surface area contributed by atoms with Gasteiger partial charge in [-0.1, -0.05) is 6.07 Å². The standard InChI is InChI=1S/C11H15NO3S/c13-11(10-8-12-4-6-14-10)15-5-3-9-2-1-7-16-9/h1-2,7,10,12H,3-6,8H2. The lowest BCUT2D eigenvalue weighted by atomic mass is 10.3. The highest BCUT2D eigenvalue weighted by atomic mass is 32.1. The van der Waals surface area contributed by atoms with Crippen LogP contribution in [0.1, 0.15) is 4.88 Å². The van der Waals surface area contributed by atoms with Gasteiger partial charge < -0.3 is 14.8 Å². The van der Waals surface area contributed by atoms with Gasteiger partial charge in [0, 0.05) is 24.4 Å². The van der Waals surface area contributed by atoms with Crippen LogP contribution in [-0.4, -0.2) is 38.4 Å². The molecular formula is C11H15NO3S. The lowest BCUT2D eigenvalue weighted by Crippen LogP contribution is -2.43. The van der Waals surface area contributed by atoms with Crippen molar-refractivity contribution in [3.63, 3.8) is 0 Å². The van der Waals surface area contributed by atoms with E-state index in [2.05, 4.69) is 5.32 Å². The molecule has 1 aliphatic heterocycles. The maximum Gasteiger partial charge on any atom is 0.336 e. The quantitative estimate of drug-likeness (QED) is 0.793. The lowest BCUT2D eigenvalue weighted by molar-refractivity contribution is -0.158. The SMILES string of the molecule is O=C(OCCc1cccs1)C1CNCCO1. The summed E-state index contributed by atoms with van der Waals surface area (Å²) >= 11 is 1.68. The Morgan fingerprint density at radius 2 is 2.62 bits per heavy atom. The number of esters is 1. The maximum absolute atomic E-state index is 11.5. The molecule has 0 spiro atoms. The Morgan fingerprint density at radius 1 is 1.69 bits per heavy atom. The molecule has 0 aromatic carbocycles. The van der Waals surface area contributed by atoms with Gasteiger partial charge in [0.2, 0.25) is 0 Å². The Hall–Kier alpha value is -0.910. The molecule has 0 bridgehead atoms. The van der Waals surface area contributed by atoms with Crippen molar-refractivity contribution in [3.05, 3.63) is 22.4 Å². The molecule has 1 fully saturated rings. The van der Waals surface area contributed by atoms with Crippen molar-refractivity contribution < 1.29 is 14.3 Å². The van der Waals surface area contributed by atoms with E-state index in [1.54, 1.807) is 11.3 Å². The first kappa shape index (κ1) is 11.6.